The number of aryl methyl sites for hydroxylation is 2. The van der Waals surface area contributed by atoms with E-state index in [0.717, 1.165) is 24.5 Å². The lowest BCUT2D eigenvalue weighted by molar-refractivity contribution is 0.245. The van der Waals surface area contributed by atoms with Gasteiger partial charge < -0.3 is 9.88 Å². The highest BCUT2D eigenvalue weighted by Gasteiger charge is 2.22. The zero-order valence-electron chi connectivity index (χ0n) is 15.8. The number of H-pyrrole nitrogens is 1. The molecule has 0 bridgehead atoms. The number of pyridine rings is 1. The van der Waals surface area contributed by atoms with Crippen molar-refractivity contribution in [3.8, 4) is 0 Å². The number of piperazine rings is 1. The van der Waals surface area contributed by atoms with Crippen molar-refractivity contribution in [3.63, 3.8) is 0 Å². The molecule has 28 heavy (non-hydrogen) atoms. The zero-order chi connectivity index (χ0) is 19.8. The standard InChI is InChI=1S/C20H21F2N5O/c1-12-3-4-16(23-10-12)27-7-5-26(6-8-27)11-14-9-15-19(18(22)17(14)21)24-13(2)20(28)25-15/h3-4,9-10H,5-8,11H2,1-2H3,(H,25,28). The largest absolute Gasteiger partial charge is 0.354 e. The third-order valence-corrected chi connectivity index (χ3v) is 5.10. The van der Waals surface area contributed by atoms with Crippen molar-refractivity contribution in [1.82, 2.24) is 19.9 Å². The van der Waals surface area contributed by atoms with E-state index >= 15 is 0 Å². The summed E-state index contributed by atoms with van der Waals surface area (Å²) in [7, 11) is 0. The molecule has 0 radical (unpaired) electrons. The molecule has 1 aliphatic rings. The fraction of sp³-hybridized carbons (Fsp3) is 0.350. The summed E-state index contributed by atoms with van der Waals surface area (Å²) in [6, 6.07) is 5.50. The average molecular weight is 385 g/mol. The summed E-state index contributed by atoms with van der Waals surface area (Å²) in [5, 5.41) is 0. The molecule has 1 saturated heterocycles. The number of benzene rings is 1. The van der Waals surface area contributed by atoms with E-state index in [9.17, 15) is 13.6 Å². The fourth-order valence-electron chi connectivity index (χ4n) is 3.44. The van der Waals surface area contributed by atoms with Crippen LogP contribution in [0.1, 0.15) is 16.8 Å². The monoisotopic (exact) mass is 385 g/mol. The molecule has 0 spiro atoms. The van der Waals surface area contributed by atoms with Crippen LogP contribution in [0.15, 0.2) is 29.2 Å². The van der Waals surface area contributed by atoms with Crippen LogP contribution >= 0.6 is 0 Å². The second-order valence-electron chi connectivity index (χ2n) is 7.17. The zero-order valence-corrected chi connectivity index (χ0v) is 15.8. The molecule has 1 N–H and O–H groups in total. The molecule has 0 saturated carbocycles. The van der Waals surface area contributed by atoms with Crippen LogP contribution in [0.2, 0.25) is 0 Å². The number of anilines is 1. The van der Waals surface area contributed by atoms with Crippen LogP contribution < -0.4 is 10.5 Å². The predicted octanol–water partition coefficient (Wildman–Crippen LogP) is 2.54. The van der Waals surface area contributed by atoms with E-state index in [2.05, 4.69) is 24.8 Å². The van der Waals surface area contributed by atoms with Crippen molar-refractivity contribution in [2.75, 3.05) is 31.1 Å². The van der Waals surface area contributed by atoms with Gasteiger partial charge in [-0.1, -0.05) is 6.07 Å². The van der Waals surface area contributed by atoms with Gasteiger partial charge in [0.15, 0.2) is 11.6 Å². The van der Waals surface area contributed by atoms with E-state index in [1.165, 1.54) is 13.0 Å². The Morgan fingerprint density at radius 1 is 1.11 bits per heavy atom. The number of aromatic nitrogens is 3. The van der Waals surface area contributed by atoms with Gasteiger partial charge in [-0.05, 0) is 31.5 Å². The van der Waals surface area contributed by atoms with E-state index in [0.29, 0.717) is 13.1 Å². The van der Waals surface area contributed by atoms with Crippen LogP contribution in [-0.2, 0) is 6.54 Å². The van der Waals surface area contributed by atoms with Gasteiger partial charge >= 0.3 is 0 Å². The summed E-state index contributed by atoms with van der Waals surface area (Å²) < 4.78 is 29.0. The molecule has 0 atom stereocenters. The molecule has 8 heteroatoms. The fourth-order valence-corrected chi connectivity index (χ4v) is 3.44. The van der Waals surface area contributed by atoms with Crippen LogP contribution in [0.25, 0.3) is 11.0 Å². The summed E-state index contributed by atoms with van der Waals surface area (Å²) in [5.74, 6) is -1.00. The lowest BCUT2D eigenvalue weighted by atomic mass is 10.1. The Balaban J connectivity index is 1.51. The normalized spacial score (nSPS) is 15.4. The quantitative estimate of drug-likeness (QED) is 0.751. The Morgan fingerprint density at radius 2 is 1.86 bits per heavy atom. The van der Waals surface area contributed by atoms with Crippen LogP contribution in [-0.4, -0.2) is 46.0 Å². The summed E-state index contributed by atoms with van der Waals surface area (Å²) in [5.41, 5.74) is 1.11. The number of rotatable bonds is 3. The van der Waals surface area contributed by atoms with Crippen molar-refractivity contribution in [3.05, 3.63) is 63.2 Å². The molecule has 3 aromatic rings. The number of nitrogens with zero attached hydrogens (tertiary/aromatic N) is 4. The molecule has 1 aliphatic heterocycles. The summed E-state index contributed by atoms with van der Waals surface area (Å²) >= 11 is 0. The molecule has 0 unspecified atom stereocenters. The summed E-state index contributed by atoms with van der Waals surface area (Å²) in [4.78, 5) is 26.9. The van der Waals surface area contributed by atoms with Crippen LogP contribution in [0, 0.1) is 25.5 Å². The van der Waals surface area contributed by atoms with Crippen LogP contribution in [0.4, 0.5) is 14.6 Å². The minimum absolute atomic E-state index is 0.111. The summed E-state index contributed by atoms with van der Waals surface area (Å²) in [6.45, 7) is 6.65. The van der Waals surface area contributed by atoms with Crippen molar-refractivity contribution < 1.29 is 8.78 Å². The predicted molar refractivity (Wildman–Crippen MR) is 103 cm³/mol. The smallest absolute Gasteiger partial charge is 0.269 e. The van der Waals surface area contributed by atoms with E-state index in [1.807, 2.05) is 25.3 Å². The van der Waals surface area contributed by atoms with Crippen molar-refractivity contribution in [2.24, 2.45) is 0 Å². The van der Waals surface area contributed by atoms with Gasteiger partial charge in [0.2, 0.25) is 0 Å². The van der Waals surface area contributed by atoms with Gasteiger partial charge in [-0.3, -0.25) is 9.69 Å². The molecule has 2 aromatic heterocycles. The van der Waals surface area contributed by atoms with Crippen molar-refractivity contribution in [2.45, 2.75) is 20.4 Å². The number of aromatic amines is 1. The first-order valence-electron chi connectivity index (χ1n) is 9.20. The highest BCUT2D eigenvalue weighted by atomic mass is 19.2. The molecule has 0 amide bonds. The maximum atomic E-state index is 14.5. The molecule has 1 aromatic carbocycles. The van der Waals surface area contributed by atoms with E-state index in [-0.39, 0.29) is 28.8 Å². The molecule has 0 aliphatic carbocycles. The third kappa shape index (κ3) is 3.47. The van der Waals surface area contributed by atoms with Gasteiger partial charge in [0.05, 0.1) is 5.52 Å². The number of nitrogens with one attached hydrogen (secondary N) is 1. The van der Waals surface area contributed by atoms with Gasteiger partial charge in [-0.15, -0.1) is 0 Å². The minimum atomic E-state index is -1.02. The number of halogens is 2. The Morgan fingerprint density at radius 3 is 2.54 bits per heavy atom. The van der Waals surface area contributed by atoms with E-state index < -0.39 is 17.2 Å². The Labute approximate surface area is 160 Å². The van der Waals surface area contributed by atoms with Crippen LogP contribution in [0.3, 0.4) is 0 Å². The van der Waals surface area contributed by atoms with Crippen molar-refractivity contribution >= 4 is 16.9 Å². The lowest BCUT2D eigenvalue weighted by Crippen LogP contribution is -2.46. The first-order valence-corrected chi connectivity index (χ1v) is 9.20. The maximum absolute atomic E-state index is 14.5. The van der Waals surface area contributed by atoms with Gasteiger partial charge in [0, 0.05) is 44.5 Å². The minimum Gasteiger partial charge on any atom is -0.354 e. The maximum Gasteiger partial charge on any atom is 0.269 e. The third-order valence-electron chi connectivity index (χ3n) is 5.10. The molecule has 4 rings (SSSR count). The van der Waals surface area contributed by atoms with Crippen LogP contribution in [0.5, 0.6) is 0 Å². The first-order chi connectivity index (χ1) is 13.4. The number of hydrogen-bond acceptors (Lipinski definition) is 5. The van der Waals surface area contributed by atoms with Gasteiger partial charge in [-0.25, -0.2) is 18.7 Å². The van der Waals surface area contributed by atoms with Crippen molar-refractivity contribution in [1.29, 1.82) is 0 Å². The number of hydrogen-bond donors (Lipinski definition) is 1. The highest BCUT2D eigenvalue weighted by Crippen LogP contribution is 2.23. The molecule has 3 heterocycles. The lowest BCUT2D eigenvalue weighted by Gasteiger charge is -2.35. The topological polar surface area (TPSA) is 65.1 Å². The molecular weight excluding hydrogens is 364 g/mol. The second kappa shape index (κ2) is 7.27. The molecule has 146 valence electrons. The Hall–Kier alpha value is -2.87. The first kappa shape index (κ1) is 18.5. The molecular formula is C20H21F2N5O. The molecule has 6 nitrogen and oxygen atoms in total. The van der Waals surface area contributed by atoms with Gasteiger partial charge in [-0.2, -0.15) is 0 Å². The van der Waals surface area contributed by atoms with E-state index in [4.69, 9.17) is 0 Å². The summed E-state index contributed by atoms with van der Waals surface area (Å²) in [6.07, 6.45) is 1.84. The van der Waals surface area contributed by atoms with Gasteiger partial charge in [0.1, 0.15) is 17.0 Å². The average Bonchev–Trinajstić information content (AvgIpc) is 2.69. The Kier molecular flexibility index (Phi) is 4.80. The SMILES string of the molecule is Cc1ccc(N2CCN(Cc3cc4[nH]c(=O)c(C)nc4c(F)c3F)CC2)nc1. The van der Waals surface area contributed by atoms with Gasteiger partial charge in [0.25, 0.3) is 5.56 Å². The molecule has 1 fully saturated rings. The number of fused-ring (bicyclic) bond motifs is 1. The Bertz CT molecular complexity index is 1070. The second-order valence-corrected chi connectivity index (χ2v) is 7.17. The van der Waals surface area contributed by atoms with E-state index in [1.54, 1.807) is 0 Å². The highest BCUT2D eigenvalue weighted by molar-refractivity contribution is 5.75.